The third-order valence-electron chi connectivity index (χ3n) is 2.74. The quantitative estimate of drug-likeness (QED) is 0.669. The number of hydrogen-bond donors (Lipinski definition) is 3. The molecule has 1 aromatic carbocycles. The number of nitrogens with two attached hydrogens (primary N) is 1. The van der Waals surface area contributed by atoms with Crippen molar-refractivity contribution >= 4 is 25.7 Å². The standard InChI is InChI=1S/C12H18NO4P.ClH/c13-11(6-7-12(14)15)18(16,17)9-8-10-4-2-1-3-5-10;/h1-5,11H,6-9,13H2,(H,14,15)(H,16,17);1H/t11-;/m1./s1. The minimum atomic E-state index is -3.49. The number of hydrogen-bond acceptors (Lipinski definition) is 3. The van der Waals surface area contributed by atoms with Gasteiger partial charge >= 0.3 is 5.97 Å². The van der Waals surface area contributed by atoms with E-state index >= 15 is 0 Å². The lowest BCUT2D eigenvalue weighted by atomic mass is 10.2. The maximum atomic E-state index is 11.9. The van der Waals surface area contributed by atoms with Crippen LogP contribution in [0.1, 0.15) is 18.4 Å². The van der Waals surface area contributed by atoms with Crippen LogP contribution in [0.4, 0.5) is 0 Å². The van der Waals surface area contributed by atoms with Crippen LogP contribution in [0.15, 0.2) is 30.3 Å². The first-order valence-electron chi connectivity index (χ1n) is 5.74. The molecule has 7 heteroatoms. The van der Waals surface area contributed by atoms with Gasteiger partial charge in [-0.05, 0) is 18.4 Å². The molecule has 0 amide bonds. The molecule has 5 nitrogen and oxygen atoms in total. The monoisotopic (exact) mass is 307 g/mol. The number of carbonyl (C=O) groups is 1. The highest BCUT2D eigenvalue weighted by molar-refractivity contribution is 7.58. The highest BCUT2D eigenvalue weighted by Gasteiger charge is 2.27. The molecule has 0 saturated heterocycles. The molecule has 0 heterocycles. The Morgan fingerprint density at radius 2 is 1.89 bits per heavy atom. The van der Waals surface area contributed by atoms with Gasteiger partial charge in [0.25, 0.3) is 0 Å². The lowest BCUT2D eigenvalue weighted by Crippen LogP contribution is -2.23. The van der Waals surface area contributed by atoms with E-state index in [1.807, 2.05) is 30.3 Å². The van der Waals surface area contributed by atoms with E-state index in [9.17, 15) is 14.3 Å². The minimum Gasteiger partial charge on any atom is -0.481 e. The predicted molar refractivity (Wildman–Crippen MR) is 76.9 cm³/mol. The normalized spacial score (nSPS) is 15.1. The van der Waals surface area contributed by atoms with Crippen LogP contribution < -0.4 is 5.73 Å². The van der Waals surface area contributed by atoms with E-state index < -0.39 is 19.1 Å². The smallest absolute Gasteiger partial charge is 0.303 e. The predicted octanol–water partition coefficient (Wildman–Crippen LogP) is 2.07. The van der Waals surface area contributed by atoms with E-state index in [4.69, 9.17) is 10.8 Å². The van der Waals surface area contributed by atoms with Crippen molar-refractivity contribution in [1.82, 2.24) is 0 Å². The van der Waals surface area contributed by atoms with Crippen molar-refractivity contribution in [3.05, 3.63) is 35.9 Å². The summed E-state index contributed by atoms with van der Waals surface area (Å²) in [5.74, 6) is -1.97. The Morgan fingerprint density at radius 1 is 1.32 bits per heavy atom. The molecule has 2 atom stereocenters. The maximum Gasteiger partial charge on any atom is 0.303 e. The number of benzene rings is 1. The largest absolute Gasteiger partial charge is 0.481 e. The summed E-state index contributed by atoms with van der Waals surface area (Å²) in [6.45, 7) is 0. The lowest BCUT2D eigenvalue weighted by molar-refractivity contribution is -0.137. The molecule has 108 valence electrons. The van der Waals surface area contributed by atoms with Gasteiger partial charge in [0.1, 0.15) is 0 Å². The molecule has 1 aromatic rings. The fourth-order valence-electron chi connectivity index (χ4n) is 1.57. The number of halogens is 1. The van der Waals surface area contributed by atoms with Crippen molar-refractivity contribution in [3.8, 4) is 0 Å². The summed E-state index contributed by atoms with van der Waals surface area (Å²) in [4.78, 5) is 20.2. The van der Waals surface area contributed by atoms with Crippen molar-refractivity contribution in [2.75, 3.05) is 6.16 Å². The van der Waals surface area contributed by atoms with Crippen molar-refractivity contribution in [1.29, 1.82) is 0 Å². The molecular formula is C12H19ClNO4P. The van der Waals surface area contributed by atoms with E-state index in [2.05, 4.69) is 0 Å². The number of carboxylic acids is 1. The van der Waals surface area contributed by atoms with Gasteiger partial charge in [-0.15, -0.1) is 12.4 Å². The average Bonchev–Trinajstić information content (AvgIpc) is 2.34. The molecule has 0 aliphatic heterocycles. The second-order valence-corrected chi connectivity index (χ2v) is 6.84. The highest BCUT2D eigenvalue weighted by atomic mass is 35.5. The third kappa shape index (κ3) is 6.73. The Hall–Kier alpha value is -0.870. The molecule has 0 radical (unpaired) electrons. The van der Waals surface area contributed by atoms with Crippen LogP contribution in [0.2, 0.25) is 0 Å². The molecular weight excluding hydrogens is 289 g/mol. The molecule has 1 unspecified atom stereocenters. The van der Waals surface area contributed by atoms with Gasteiger partial charge in [0, 0.05) is 12.6 Å². The van der Waals surface area contributed by atoms with Crippen molar-refractivity contribution in [2.45, 2.75) is 25.0 Å². The average molecular weight is 308 g/mol. The zero-order valence-corrected chi connectivity index (χ0v) is 12.1. The first-order chi connectivity index (χ1) is 8.42. The number of rotatable bonds is 7. The SMILES string of the molecule is Cl.N[C@@H](CCC(=O)O)P(=O)(O)CCc1ccccc1. The molecule has 0 aliphatic carbocycles. The molecule has 0 spiro atoms. The maximum absolute atomic E-state index is 11.9. The van der Waals surface area contributed by atoms with Crippen LogP contribution in [0.5, 0.6) is 0 Å². The van der Waals surface area contributed by atoms with Crippen LogP contribution in [-0.2, 0) is 15.8 Å². The van der Waals surface area contributed by atoms with Gasteiger partial charge < -0.3 is 15.7 Å². The molecule has 4 N–H and O–H groups in total. The first-order valence-corrected chi connectivity index (χ1v) is 7.66. The van der Waals surface area contributed by atoms with Gasteiger partial charge in [-0.25, -0.2) is 0 Å². The van der Waals surface area contributed by atoms with Crippen LogP contribution >= 0.6 is 19.8 Å². The van der Waals surface area contributed by atoms with Gasteiger partial charge in [0.2, 0.25) is 7.37 Å². The minimum absolute atomic E-state index is 0. The van der Waals surface area contributed by atoms with Gasteiger partial charge in [-0.3, -0.25) is 9.36 Å². The van der Waals surface area contributed by atoms with E-state index in [1.54, 1.807) is 0 Å². The molecule has 1 rings (SSSR count). The Bertz CT molecular complexity index is 441. The van der Waals surface area contributed by atoms with Crippen molar-refractivity contribution < 1.29 is 19.4 Å². The molecule has 0 saturated carbocycles. The van der Waals surface area contributed by atoms with Gasteiger partial charge in [0.05, 0.1) is 5.78 Å². The summed E-state index contributed by atoms with van der Waals surface area (Å²) in [7, 11) is -3.49. The van der Waals surface area contributed by atoms with Gasteiger partial charge in [-0.1, -0.05) is 30.3 Å². The summed E-state index contributed by atoms with van der Waals surface area (Å²) >= 11 is 0. The summed E-state index contributed by atoms with van der Waals surface area (Å²) < 4.78 is 11.9. The summed E-state index contributed by atoms with van der Waals surface area (Å²) in [5, 5.41) is 8.51. The van der Waals surface area contributed by atoms with Gasteiger partial charge in [0.15, 0.2) is 0 Å². The first kappa shape index (κ1) is 18.1. The Balaban J connectivity index is 0.00000324. The van der Waals surface area contributed by atoms with Crippen molar-refractivity contribution in [3.63, 3.8) is 0 Å². The molecule has 0 aliphatic rings. The molecule has 0 bridgehead atoms. The number of carboxylic acid groups (broad SMARTS) is 1. The highest BCUT2D eigenvalue weighted by Crippen LogP contribution is 2.45. The second kappa shape index (κ2) is 8.33. The van der Waals surface area contributed by atoms with Gasteiger partial charge in [-0.2, -0.15) is 0 Å². The topological polar surface area (TPSA) is 101 Å². The Kier molecular flexibility index (Phi) is 7.95. The zero-order chi connectivity index (χ0) is 13.6. The zero-order valence-electron chi connectivity index (χ0n) is 10.4. The molecule has 0 fully saturated rings. The Labute approximate surface area is 118 Å². The number of aliphatic carboxylic acids is 1. The fraction of sp³-hybridized carbons (Fsp3) is 0.417. The molecule has 19 heavy (non-hydrogen) atoms. The van der Waals surface area contributed by atoms with E-state index in [0.717, 1.165) is 5.56 Å². The number of aryl methyl sites for hydroxylation is 1. The summed E-state index contributed by atoms with van der Waals surface area (Å²) in [6, 6.07) is 9.36. The van der Waals surface area contributed by atoms with Crippen LogP contribution in [0, 0.1) is 0 Å². The van der Waals surface area contributed by atoms with E-state index in [1.165, 1.54) is 0 Å². The van der Waals surface area contributed by atoms with Crippen LogP contribution in [0.25, 0.3) is 0 Å². The lowest BCUT2D eigenvalue weighted by Gasteiger charge is -2.18. The second-order valence-electron chi connectivity index (χ2n) is 4.21. The summed E-state index contributed by atoms with van der Waals surface area (Å²) in [5.41, 5.74) is 6.56. The van der Waals surface area contributed by atoms with E-state index in [-0.39, 0.29) is 31.4 Å². The van der Waals surface area contributed by atoms with Crippen LogP contribution in [0.3, 0.4) is 0 Å². The Morgan fingerprint density at radius 3 is 2.42 bits per heavy atom. The molecule has 0 aromatic heterocycles. The fourth-order valence-corrected chi connectivity index (χ4v) is 3.02. The van der Waals surface area contributed by atoms with Crippen LogP contribution in [-0.4, -0.2) is 27.9 Å². The van der Waals surface area contributed by atoms with Crippen molar-refractivity contribution in [2.24, 2.45) is 5.73 Å². The summed E-state index contributed by atoms with van der Waals surface area (Å²) in [6.07, 6.45) is 0.391. The van der Waals surface area contributed by atoms with E-state index in [0.29, 0.717) is 6.42 Å². The third-order valence-corrected chi connectivity index (χ3v) is 4.89.